The molecule has 1 unspecified atom stereocenters. The predicted octanol–water partition coefficient (Wildman–Crippen LogP) is 1.46. The van der Waals surface area contributed by atoms with Gasteiger partial charge in [0.2, 0.25) is 0 Å². The van der Waals surface area contributed by atoms with Crippen LogP contribution in [-0.2, 0) is 0 Å². The summed E-state index contributed by atoms with van der Waals surface area (Å²) in [5.74, 6) is 0.824. The van der Waals surface area contributed by atoms with Gasteiger partial charge in [0, 0.05) is 6.04 Å². The molecule has 2 heteroatoms. The lowest BCUT2D eigenvalue weighted by atomic mass is 9.96. The Morgan fingerprint density at radius 3 is 2.42 bits per heavy atom. The Bertz CT molecular complexity index is 117. The first-order valence-corrected chi connectivity index (χ1v) is 5.10. The SMILES string of the molecule is CN(C)CCC(N)C1CCCC1. The maximum absolute atomic E-state index is 6.10. The van der Waals surface area contributed by atoms with Crippen LogP contribution in [0.4, 0.5) is 0 Å². The fourth-order valence-electron chi connectivity index (χ4n) is 2.03. The van der Waals surface area contributed by atoms with Gasteiger partial charge in [-0.05, 0) is 45.8 Å². The highest BCUT2D eigenvalue weighted by molar-refractivity contribution is 4.78. The third kappa shape index (κ3) is 3.11. The standard InChI is InChI=1S/C10H22N2/c1-12(2)8-7-10(11)9-5-3-4-6-9/h9-10H,3-8,11H2,1-2H3. The molecule has 0 aromatic rings. The third-order valence-electron chi connectivity index (χ3n) is 2.91. The smallest absolute Gasteiger partial charge is 0.00793 e. The van der Waals surface area contributed by atoms with Crippen LogP contribution in [0.1, 0.15) is 32.1 Å². The van der Waals surface area contributed by atoms with Gasteiger partial charge in [-0.2, -0.15) is 0 Å². The van der Waals surface area contributed by atoms with Gasteiger partial charge in [0.05, 0.1) is 0 Å². The third-order valence-corrected chi connectivity index (χ3v) is 2.91. The largest absolute Gasteiger partial charge is 0.327 e. The van der Waals surface area contributed by atoms with Gasteiger partial charge >= 0.3 is 0 Å². The molecule has 0 aromatic carbocycles. The summed E-state index contributed by atoms with van der Waals surface area (Å²) in [6.07, 6.45) is 6.71. The van der Waals surface area contributed by atoms with Crippen LogP contribution in [0.25, 0.3) is 0 Å². The fourth-order valence-corrected chi connectivity index (χ4v) is 2.03. The monoisotopic (exact) mass is 170 g/mol. The molecule has 72 valence electrons. The molecule has 0 amide bonds. The normalized spacial score (nSPS) is 22.0. The molecule has 0 saturated heterocycles. The van der Waals surface area contributed by atoms with Gasteiger partial charge in [-0.15, -0.1) is 0 Å². The van der Waals surface area contributed by atoms with Gasteiger partial charge in [-0.25, -0.2) is 0 Å². The summed E-state index contributed by atoms with van der Waals surface area (Å²) in [5.41, 5.74) is 6.10. The van der Waals surface area contributed by atoms with E-state index in [1.165, 1.54) is 25.7 Å². The van der Waals surface area contributed by atoms with Crippen molar-refractivity contribution < 1.29 is 0 Å². The average molecular weight is 170 g/mol. The molecular weight excluding hydrogens is 148 g/mol. The fraction of sp³-hybridized carbons (Fsp3) is 1.00. The summed E-state index contributed by atoms with van der Waals surface area (Å²) >= 11 is 0. The second-order valence-electron chi connectivity index (χ2n) is 4.30. The van der Waals surface area contributed by atoms with E-state index in [0.29, 0.717) is 6.04 Å². The first-order valence-electron chi connectivity index (χ1n) is 5.10. The number of nitrogens with two attached hydrogens (primary N) is 1. The van der Waals surface area contributed by atoms with Crippen molar-refractivity contribution in [3.63, 3.8) is 0 Å². The zero-order valence-electron chi connectivity index (χ0n) is 8.42. The zero-order chi connectivity index (χ0) is 8.97. The highest BCUT2D eigenvalue weighted by Crippen LogP contribution is 2.27. The van der Waals surface area contributed by atoms with Crippen LogP contribution < -0.4 is 5.73 Å². The molecule has 12 heavy (non-hydrogen) atoms. The lowest BCUT2D eigenvalue weighted by molar-refractivity contribution is 0.335. The molecule has 1 aliphatic rings. The van der Waals surface area contributed by atoms with E-state index in [0.717, 1.165) is 18.9 Å². The van der Waals surface area contributed by atoms with E-state index in [1.807, 2.05) is 0 Å². The Hall–Kier alpha value is -0.0800. The van der Waals surface area contributed by atoms with Gasteiger partial charge in [0.1, 0.15) is 0 Å². The van der Waals surface area contributed by atoms with Crippen molar-refractivity contribution in [2.75, 3.05) is 20.6 Å². The van der Waals surface area contributed by atoms with E-state index in [2.05, 4.69) is 19.0 Å². The Kier molecular flexibility index (Phi) is 4.02. The van der Waals surface area contributed by atoms with Crippen LogP contribution in [0.2, 0.25) is 0 Å². The molecule has 0 aliphatic heterocycles. The van der Waals surface area contributed by atoms with Gasteiger partial charge in [-0.3, -0.25) is 0 Å². The minimum atomic E-state index is 0.454. The quantitative estimate of drug-likeness (QED) is 0.692. The number of hydrogen-bond donors (Lipinski definition) is 1. The summed E-state index contributed by atoms with van der Waals surface area (Å²) in [6.45, 7) is 1.14. The Balaban J connectivity index is 2.13. The maximum atomic E-state index is 6.10. The van der Waals surface area contributed by atoms with Crippen LogP contribution in [0.5, 0.6) is 0 Å². The van der Waals surface area contributed by atoms with Crippen molar-refractivity contribution in [1.29, 1.82) is 0 Å². The molecule has 0 bridgehead atoms. The summed E-state index contributed by atoms with van der Waals surface area (Å²) in [6, 6.07) is 0.454. The molecule has 1 atom stereocenters. The van der Waals surface area contributed by atoms with Crippen molar-refractivity contribution in [1.82, 2.24) is 4.90 Å². The first kappa shape index (κ1) is 10.0. The summed E-state index contributed by atoms with van der Waals surface area (Å²) in [4.78, 5) is 2.22. The molecule has 2 N–H and O–H groups in total. The Labute approximate surface area is 76.1 Å². The molecule has 0 aromatic heterocycles. The van der Waals surface area contributed by atoms with Crippen molar-refractivity contribution in [2.45, 2.75) is 38.1 Å². The summed E-state index contributed by atoms with van der Waals surface area (Å²) in [5, 5.41) is 0. The summed E-state index contributed by atoms with van der Waals surface area (Å²) < 4.78 is 0. The van der Waals surface area contributed by atoms with E-state index < -0.39 is 0 Å². The van der Waals surface area contributed by atoms with E-state index in [1.54, 1.807) is 0 Å². The molecule has 1 rings (SSSR count). The van der Waals surface area contributed by atoms with Crippen molar-refractivity contribution >= 4 is 0 Å². The average Bonchev–Trinajstić information content (AvgIpc) is 2.51. The number of nitrogens with zero attached hydrogens (tertiary/aromatic N) is 1. The van der Waals surface area contributed by atoms with Crippen molar-refractivity contribution in [2.24, 2.45) is 11.7 Å². The number of rotatable bonds is 4. The van der Waals surface area contributed by atoms with E-state index in [-0.39, 0.29) is 0 Å². The van der Waals surface area contributed by atoms with Crippen LogP contribution in [-0.4, -0.2) is 31.6 Å². The highest BCUT2D eigenvalue weighted by atomic mass is 15.0. The van der Waals surface area contributed by atoms with Crippen molar-refractivity contribution in [3.05, 3.63) is 0 Å². The minimum Gasteiger partial charge on any atom is -0.327 e. The van der Waals surface area contributed by atoms with Gasteiger partial charge < -0.3 is 10.6 Å². The Morgan fingerprint density at radius 2 is 1.92 bits per heavy atom. The first-order chi connectivity index (χ1) is 5.70. The maximum Gasteiger partial charge on any atom is 0.00793 e. The summed E-state index contributed by atoms with van der Waals surface area (Å²) in [7, 11) is 4.22. The predicted molar refractivity (Wildman–Crippen MR) is 53.1 cm³/mol. The second kappa shape index (κ2) is 4.83. The molecule has 2 nitrogen and oxygen atoms in total. The van der Waals surface area contributed by atoms with Crippen molar-refractivity contribution in [3.8, 4) is 0 Å². The van der Waals surface area contributed by atoms with Gasteiger partial charge in [-0.1, -0.05) is 12.8 Å². The van der Waals surface area contributed by atoms with Gasteiger partial charge in [0.15, 0.2) is 0 Å². The Morgan fingerprint density at radius 1 is 1.33 bits per heavy atom. The van der Waals surface area contributed by atoms with E-state index in [4.69, 9.17) is 5.73 Å². The lowest BCUT2D eigenvalue weighted by Gasteiger charge is -2.20. The minimum absolute atomic E-state index is 0.454. The highest BCUT2D eigenvalue weighted by Gasteiger charge is 2.21. The molecule has 0 spiro atoms. The van der Waals surface area contributed by atoms with Crippen LogP contribution >= 0.6 is 0 Å². The number of hydrogen-bond acceptors (Lipinski definition) is 2. The van der Waals surface area contributed by atoms with Crippen LogP contribution in [0.3, 0.4) is 0 Å². The molecule has 1 saturated carbocycles. The molecular formula is C10H22N2. The van der Waals surface area contributed by atoms with Crippen LogP contribution in [0.15, 0.2) is 0 Å². The van der Waals surface area contributed by atoms with Gasteiger partial charge in [0.25, 0.3) is 0 Å². The topological polar surface area (TPSA) is 29.3 Å². The van der Waals surface area contributed by atoms with E-state index >= 15 is 0 Å². The van der Waals surface area contributed by atoms with Crippen LogP contribution in [0, 0.1) is 5.92 Å². The van der Waals surface area contributed by atoms with E-state index in [9.17, 15) is 0 Å². The molecule has 0 radical (unpaired) electrons. The second-order valence-corrected chi connectivity index (χ2v) is 4.30. The lowest BCUT2D eigenvalue weighted by Crippen LogP contribution is -2.32. The molecule has 1 fully saturated rings. The zero-order valence-corrected chi connectivity index (χ0v) is 8.42. The molecule has 1 aliphatic carbocycles. The molecule has 0 heterocycles.